The number of carbonyl (C=O) groups is 1. The Morgan fingerprint density at radius 1 is 1.05 bits per heavy atom. The first-order valence-electron chi connectivity index (χ1n) is 7.56. The van der Waals surface area contributed by atoms with Crippen LogP contribution >= 0.6 is 0 Å². The number of hydrogen-bond donors (Lipinski definition) is 1. The van der Waals surface area contributed by atoms with E-state index < -0.39 is 5.97 Å². The Hall–Kier alpha value is -1.51. The summed E-state index contributed by atoms with van der Waals surface area (Å²) < 4.78 is 4.65. The number of unbranched alkanes of at least 4 members (excludes halogenated alkanes) is 5. The van der Waals surface area contributed by atoms with Gasteiger partial charge in [0.25, 0.3) is 5.95 Å². The molecule has 3 heteroatoms. The normalized spacial score (nSPS) is 12.4. The molecule has 0 saturated heterocycles. The predicted molar refractivity (Wildman–Crippen MR) is 83.4 cm³/mol. The molecule has 0 amide bonds. The molecule has 1 N–H and O–H groups in total. The van der Waals surface area contributed by atoms with Gasteiger partial charge in [-0.2, -0.15) is 0 Å². The molecule has 0 unspecified atom stereocenters. The van der Waals surface area contributed by atoms with E-state index >= 15 is 0 Å². The summed E-state index contributed by atoms with van der Waals surface area (Å²) in [6.07, 6.45) is 17.9. The SMILES string of the molecule is C/C=C/C/C=C\CCCCCCC=C(O)OC(=O)CC. The Labute approximate surface area is 123 Å². The van der Waals surface area contributed by atoms with Gasteiger partial charge in [-0.05, 0) is 45.1 Å². The number of ether oxygens (including phenoxy) is 1. The Bertz CT molecular complexity index is 327. The molecule has 0 atom stereocenters. The van der Waals surface area contributed by atoms with E-state index in [1.807, 2.05) is 6.92 Å². The van der Waals surface area contributed by atoms with E-state index in [-0.39, 0.29) is 12.4 Å². The van der Waals surface area contributed by atoms with Gasteiger partial charge in [-0.25, -0.2) is 0 Å². The summed E-state index contributed by atoms with van der Waals surface area (Å²) in [5, 5.41) is 9.30. The minimum atomic E-state index is -0.400. The number of aliphatic hydroxyl groups excluding tert-OH is 1. The van der Waals surface area contributed by atoms with Gasteiger partial charge < -0.3 is 9.84 Å². The van der Waals surface area contributed by atoms with Crippen LogP contribution in [-0.2, 0) is 9.53 Å². The molecule has 0 aliphatic heterocycles. The molecule has 0 saturated carbocycles. The quantitative estimate of drug-likeness (QED) is 0.245. The molecule has 0 aromatic heterocycles. The van der Waals surface area contributed by atoms with Crippen LogP contribution in [0.15, 0.2) is 36.3 Å². The Morgan fingerprint density at radius 2 is 1.75 bits per heavy atom. The first kappa shape index (κ1) is 18.5. The van der Waals surface area contributed by atoms with E-state index in [1.165, 1.54) is 12.8 Å². The number of allylic oxidation sites excluding steroid dienone is 5. The Balaban J connectivity index is 3.42. The van der Waals surface area contributed by atoms with E-state index in [1.54, 1.807) is 13.0 Å². The van der Waals surface area contributed by atoms with Crippen LogP contribution in [0, 0.1) is 0 Å². The number of rotatable bonds is 11. The van der Waals surface area contributed by atoms with Gasteiger partial charge in [0.1, 0.15) is 0 Å². The topological polar surface area (TPSA) is 46.5 Å². The maximum atomic E-state index is 10.9. The van der Waals surface area contributed by atoms with Gasteiger partial charge in [0.15, 0.2) is 0 Å². The van der Waals surface area contributed by atoms with Crippen LogP contribution in [0.25, 0.3) is 0 Å². The molecule has 0 aromatic carbocycles. The summed E-state index contributed by atoms with van der Waals surface area (Å²) >= 11 is 0. The van der Waals surface area contributed by atoms with Gasteiger partial charge in [0.05, 0.1) is 0 Å². The van der Waals surface area contributed by atoms with Gasteiger partial charge in [-0.3, -0.25) is 4.79 Å². The van der Waals surface area contributed by atoms with Crippen molar-refractivity contribution in [3.63, 3.8) is 0 Å². The molecule has 0 rings (SSSR count). The lowest BCUT2D eigenvalue weighted by molar-refractivity contribution is -0.142. The minimum Gasteiger partial charge on any atom is -0.481 e. The fraction of sp³-hybridized carbons (Fsp3) is 0.588. The number of carbonyl (C=O) groups excluding carboxylic acids is 1. The fourth-order valence-electron chi connectivity index (χ4n) is 1.64. The molecule has 20 heavy (non-hydrogen) atoms. The maximum absolute atomic E-state index is 10.9. The molecule has 114 valence electrons. The zero-order valence-electron chi connectivity index (χ0n) is 12.8. The molecule has 0 aliphatic carbocycles. The van der Waals surface area contributed by atoms with Crippen molar-refractivity contribution in [2.45, 2.75) is 65.2 Å². The van der Waals surface area contributed by atoms with Crippen molar-refractivity contribution in [2.75, 3.05) is 0 Å². The molecular formula is C17H28O3. The lowest BCUT2D eigenvalue weighted by Crippen LogP contribution is -2.01. The van der Waals surface area contributed by atoms with Gasteiger partial charge >= 0.3 is 5.97 Å². The van der Waals surface area contributed by atoms with E-state index in [4.69, 9.17) is 0 Å². The number of aliphatic hydroxyl groups is 1. The molecule has 0 bridgehead atoms. The van der Waals surface area contributed by atoms with Gasteiger partial charge in [-0.15, -0.1) is 0 Å². The zero-order valence-corrected chi connectivity index (χ0v) is 12.8. The molecule has 0 radical (unpaired) electrons. The highest BCUT2D eigenvalue weighted by molar-refractivity contribution is 5.69. The van der Waals surface area contributed by atoms with Crippen molar-refractivity contribution < 1.29 is 14.6 Å². The third-order valence-electron chi connectivity index (χ3n) is 2.83. The second kappa shape index (κ2) is 13.9. The summed E-state index contributed by atoms with van der Waals surface area (Å²) in [5.74, 6) is -0.660. The standard InChI is InChI=1S/C17H28O3/c1-3-5-6-7-8-9-10-11-12-13-14-15-17(19)20-16(18)4-2/h3,5,7-8,15,19H,4,6,9-14H2,1-2H3/b5-3+,8-7-,17-15?. The van der Waals surface area contributed by atoms with Crippen molar-refractivity contribution in [3.05, 3.63) is 36.3 Å². The van der Waals surface area contributed by atoms with Crippen molar-refractivity contribution >= 4 is 5.97 Å². The molecular weight excluding hydrogens is 252 g/mol. The monoisotopic (exact) mass is 280 g/mol. The van der Waals surface area contributed by atoms with Crippen LogP contribution in [0.3, 0.4) is 0 Å². The molecule has 0 heterocycles. The Morgan fingerprint density at radius 3 is 2.40 bits per heavy atom. The second-order valence-corrected chi connectivity index (χ2v) is 4.64. The lowest BCUT2D eigenvalue weighted by atomic mass is 10.1. The minimum absolute atomic E-state index is 0.260. The van der Waals surface area contributed by atoms with Gasteiger partial charge in [-0.1, -0.05) is 44.1 Å². The van der Waals surface area contributed by atoms with Gasteiger partial charge in [0.2, 0.25) is 0 Å². The largest absolute Gasteiger partial charge is 0.481 e. The third-order valence-corrected chi connectivity index (χ3v) is 2.83. The Kier molecular flexibility index (Phi) is 12.9. The molecule has 0 spiro atoms. The third kappa shape index (κ3) is 12.9. The van der Waals surface area contributed by atoms with Crippen LogP contribution in [0.2, 0.25) is 0 Å². The van der Waals surface area contributed by atoms with Crippen molar-refractivity contribution in [1.29, 1.82) is 0 Å². The van der Waals surface area contributed by atoms with Crippen LogP contribution in [0.4, 0.5) is 0 Å². The van der Waals surface area contributed by atoms with Crippen LogP contribution in [0.1, 0.15) is 65.2 Å². The molecule has 3 nitrogen and oxygen atoms in total. The number of esters is 1. The number of hydrogen-bond acceptors (Lipinski definition) is 3. The maximum Gasteiger partial charge on any atom is 0.313 e. The van der Waals surface area contributed by atoms with E-state index in [9.17, 15) is 9.90 Å². The van der Waals surface area contributed by atoms with E-state index in [0.29, 0.717) is 0 Å². The summed E-state index contributed by atoms with van der Waals surface area (Å²) in [6.45, 7) is 3.73. The van der Waals surface area contributed by atoms with Crippen LogP contribution in [-0.4, -0.2) is 11.1 Å². The molecule has 0 aromatic rings. The first-order chi connectivity index (χ1) is 9.70. The van der Waals surface area contributed by atoms with E-state index in [2.05, 4.69) is 29.0 Å². The second-order valence-electron chi connectivity index (χ2n) is 4.64. The molecule has 0 fully saturated rings. The van der Waals surface area contributed by atoms with Crippen LogP contribution < -0.4 is 0 Å². The van der Waals surface area contributed by atoms with Crippen molar-refractivity contribution in [3.8, 4) is 0 Å². The summed E-state index contributed by atoms with van der Waals surface area (Å²) in [5.41, 5.74) is 0. The summed E-state index contributed by atoms with van der Waals surface area (Å²) in [4.78, 5) is 10.9. The highest BCUT2D eigenvalue weighted by Gasteiger charge is 2.01. The van der Waals surface area contributed by atoms with Crippen molar-refractivity contribution in [1.82, 2.24) is 0 Å². The average molecular weight is 280 g/mol. The van der Waals surface area contributed by atoms with Crippen molar-refractivity contribution in [2.24, 2.45) is 0 Å². The smallest absolute Gasteiger partial charge is 0.313 e. The average Bonchev–Trinajstić information content (AvgIpc) is 2.44. The fourth-order valence-corrected chi connectivity index (χ4v) is 1.64. The predicted octanol–water partition coefficient (Wildman–Crippen LogP) is 5.20. The highest BCUT2D eigenvalue weighted by Crippen LogP contribution is 2.08. The highest BCUT2D eigenvalue weighted by atomic mass is 16.6. The summed E-state index contributed by atoms with van der Waals surface area (Å²) in [6, 6.07) is 0. The first-order valence-corrected chi connectivity index (χ1v) is 7.56. The van der Waals surface area contributed by atoms with Crippen LogP contribution in [0.5, 0.6) is 0 Å². The zero-order chi connectivity index (χ0) is 15.1. The van der Waals surface area contributed by atoms with Gasteiger partial charge in [0, 0.05) is 6.42 Å². The summed E-state index contributed by atoms with van der Waals surface area (Å²) in [7, 11) is 0. The lowest BCUT2D eigenvalue weighted by Gasteiger charge is -2.00. The molecule has 0 aliphatic rings. The van der Waals surface area contributed by atoms with E-state index in [0.717, 1.165) is 32.1 Å².